The van der Waals surface area contributed by atoms with Gasteiger partial charge in [-0.3, -0.25) is 9.69 Å². The fraction of sp³-hybridized carbons (Fsp3) is 0.194. The Labute approximate surface area is 238 Å². The van der Waals surface area contributed by atoms with Gasteiger partial charge in [-0.15, -0.1) is 34.0 Å². The van der Waals surface area contributed by atoms with Crippen LogP contribution >= 0.6 is 34.0 Å². The number of nitrogens with zero attached hydrogens (tertiary/aromatic N) is 3. The molecular formula is C31H26N4OS3. The first kappa shape index (κ1) is 24.6. The quantitative estimate of drug-likeness (QED) is 0.228. The summed E-state index contributed by atoms with van der Waals surface area (Å²) in [5.74, 6) is -0.118. The first-order valence-electron chi connectivity index (χ1n) is 13.0. The van der Waals surface area contributed by atoms with E-state index < -0.39 is 0 Å². The number of anilines is 1. The zero-order valence-electron chi connectivity index (χ0n) is 21.6. The van der Waals surface area contributed by atoms with Gasteiger partial charge in [0.25, 0.3) is 5.91 Å². The lowest BCUT2D eigenvalue weighted by atomic mass is 10.0. The second-order valence-corrected chi connectivity index (χ2v) is 13.1. The molecule has 0 saturated carbocycles. The zero-order valence-corrected chi connectivity index (χ0v) is 24.1. The zero-order chi connectivity index (χ0) is 26.5. The molecule has 4 aromatic heterocycles. The number of carbonyl (C=O) groups excluding carboxylic acids is 1. The summed E-state index contributed by atoms with van der Waals surface area (Å²) in [6.07, 6.45) is 0.950. The van der Waals surface area contributed by atoms with Gasteiger partial charge in [0.05, 0.1) is 31.9 Å². The summed E-state index contributed by atoms with van der Waals surface area (Å²) in [5.41, 5.74) is 5.68. The lowest BCUT2D eigenvalue weighted by molar-refractivity contribution is 0.102. The van der Waals surface area contributed by atoms with Crippen LogP contribution in [0.25, 0.3) is 42.3 Å². The summed E-state index contributed by atoms with van der Waals surface area (Å²) in [5, 5.41) is 8.08. The van der Waals surface area contributed by atoms with Crippen LogP contribution < -0.4 is 5.32 Å². The van der Waals surface area contributed by atoms with E-state index in [2.05, 4.69) is 42.3 Å². The molecule has 1 aliphatic heterocycles. The monoisotopic (exact) mass is 566 g/mol. The van der Waals surface area contributed by atoms with Crippen molar-refractivity contribution in [1.82, 2.24) is 14.9 Å². The van der Waals surface area contributed by atoms with Gasteiger partial charge in [-0.2, -0.15) is 0 Å². The number of amides is 1. The number of hydrogen-bond donors (Lipinski definition) is 1. The van der Waals surface area contributed by atoms with Crippen LogP contribution in [0.3, 0.4) is 0 Å². The molecule has 6 aromatic rings. The SMILES string of the molecule is CC(C)N1CCc2c(sc(NC(=O)c3cc(-c4cccs4)nc4ccccc34)c2-c2nc3ccccc3s2)C1. The standard InChI is InChI=1S/C31H26N4OS3/c1-18(2)35-14-13-20-27(17-35)39-31(28(20)30-33-23-10-5-6-11-26(23)38-30)34-29(36)21-16-24(25-12-7-15-37-25)32-22-9-4-3-8-19(21)22/h3-12,15-16,18H,13-14,17H2,1-2H3,(H,34,36). The Morgan fingerprint density at radius 1 is 0.974 bits per heavy atom. The van der Waals surface area contributed by atoms with Crippen molar-refractivity contribution >= 4 is 66.0 Å². The van der Waals surface area contributed by atoms with Crippen LogP contribution in [-0.2, 0) is 13.0 Å². The maximum absolute atomic E-state index is 14.0. The third-order valence-corrected chi connectivity index (χ3v) is 10.4. The van der Waals surface area contributed by atoms with Crippen LogP contribution in [0.4, 0.5) is 5.00 Å². The fourth-order valence-corrected chi connectivity index (χ4v) is 8.31. The Morgan fingerprint density at radius 3 is 2.59 bits per heavy atom. The number of aromatic nitrogens is 2. The highest BCUT2D eigenvalue weighted by Gasteiger charge is 2.29. The van der Waals surface area contributed by atoms with Crippen molar-refractivity contribution in [2.75, 3.05) is 11.9 Å². The Bertz CT molecular complexity index is 1800. The van der Waals surface area contributed by atoms with E-state index in [1.54, 1.807) is 34.0 Å². The highest BCUT2D eigenvalue weighted by molar-refractivity contribution is 7.23. The van der Waals surface area contributed by atoms with E-state index in [9.17, 15) is 4.79 Å². The second-order valence-electron chi connectivity index (χ2n) is 10.0. The Balaban J connectivity index is 1.34. The van der Waals surface area contributed by atoms with Crippen molar-refractivity contribution in [3.8, 4) is 21.1 Å². The number of rotatable bonds is 5. The van der Waals surface area contributed by atoms with Crippen molar-refractivity contribution in [2.24, 2.45) is 0 Å². The molecule has 0 fully saturated rings. The molecule has 0 unspecified atom stereocenters. The smallest absolute Gasteiger partial charge is 0.257 e. The predicted octanol–water partition coefficient (Wildman–Crippen LogP) is 8.32. The molecule has 8 heteroatoms. The highest BCUT2D eigenvalue weighted by Crippen LogP contribution is 2.46. The topological polar surface area (TPSA) is 58.1 Å². The first-order chi connectivity index (χ1) is 19.0. The van der Waals surface area contributed by atoms with Gasteiger partial charge in [0.15, 0.2) is 0 Å². The van der Waals surface area contributed by atoms with E-state index in [0.29, 0.717) is 11.6 Å². The Morgan fingerprint density at radius 2 is 1.79 bits per heavy atom. The number of pyridine rings is 1. The van der Waals surface area contributed by atoms with E-state index in [1.165, 1.54) is 10.4 Å². The maximum Gasteiger partial charge on any atom is 0.257 e. The van der Waals surface area contributed by atoms with Gasteiger partial charge >= 0.3 is 0 Å². The van der Waals surface area contributed by atoms with Crippen LogP contribution in [-0.4, -0.2) is 33.4 Å². The summed E-state index contributed by atoms with van der Waals surface area (Å²) >= 11 is 5.02. The molecular weight excluding hydrogens is 541 g/mol. The molecule has 0 atom stereocenters. The number of para-hydroxylation sites is 2. The van der Waals surface area contributed by atoms with Gasteiger partial charge in [-0.05, 0) is 61.5 Å². The first-order valence-corrected chi connectivity index (χ1v) is 15.6. The van der Waals surface area contributed by atoms with E-state index in [0.717, 1.165) is 66.8 Å². The summed E-state index contributed by atoms with van der Waals surface area (Å²) in [4.78, 5) is 28.8. The largest absolute Gasteiger partial charge is 0.313 e. The lowest BCUT2D eigenvalue weighted by Crippen LogP contribution is -2.35. The Hall–Kier alpha value is -3.43. The van der Waals surface area contributed by atoms with Crippen molar-refractivity contribution in [2.45, 2.75) is 32.9 Å². The van der Waals surface area contributed by atoms with Gasteiger partial charge in [0, 0.05) is 35.0 Å². The Kier molecular flexibility index (Phi) is 6.28. The van der Waals surface area contributed by atoms with Gasteiger partial charge in [0.2, 0.25) is 0 Å². The average Bonchev–Trinajstić information content (AvgIpc) is 3.70. The minimum Gasteiger partial charge on any atom is -0.313 e. The van der Waals surface area contributed by atoms with E-state index in [1.807, 2.05) is 53.9 Å². The van der Waals surface area contributed by atoms with Gasteiger partial charge in [-0.1, -0.05) is 36.4 Å². The van der Waals surface area contributed by atoms with E-state index >= 15 is 0 Å². The molecule has 5 heterocycles. The van der Waals surface area contributed by atoms with E-state index in [4.69, 9.17) is 9.97 Å². The number of thiazole rings is 1. The molecule has 1 aliphatic rings. The van der Waals surface area contributed by atoms with Crippen molar-refractivity contribution in [3.05, 3.63) is 88.1 Å². The maximum atomic E-state index is 14.0. The van der Waals surface area contributed by atoms with Crippen LogP contribution in [0.2, 0.25) is 0 Å². The third-order valence-electron chi connectivity index (χ3n) is 7.29. The molecule has 7 rings (SSSR count). The van der Waals surface area contributed by atoms with Crippen LogP contribution in [0, 0.1) is 0 Å². The van der Waals surface area contributed by atoms with Crippen molar-refractivity contribution in [3.63, 3.8) is 0 Å². The summed E-state index contributed by atoms with van der Waals surface area (Å²) in [6.45, 7) is 6.39. The normalized spacial score (nSPS) is 13.8. The summed E-state index contributed by atoms with van der Waals surface area (Å²) < 4.78 is 1.16. The van der Waals surface area contributed by atoms with Crippen LogP contribution in [0.15, 0.2) is 72.1 Å². The molecule has 0 bridgehead atoms. The number of fused-ring (bicyclic) bond motifs is 3. The number of thiophene rings is 2. The molecule has 1 amide bonds. The van der Waals surface area contributed by atoms with Crippen molar-refractivity contribution < 1.29 is 4.79 Å². The molecule has 5 nitrogen and oxygen atoms in total. The molecule has 2 aromatic carbocycles. The highest BCUT2D eigenvalue weighted by atomic mass is 32.1. The number of nitrogens with one attached hydrogen (secondary N) is 1. The minimum absolute atomic E-state index is 0.118. The minimum atomic E-state index is -0.118. The third kappa shape index (κ3) is 4.47. The molecule has 0 aliphatic carbocycles. The number of hydrogen-bond acceptors (Lipinski definition) is 7. The second kappa shape index (κ2) is 9.95. The molecule has 194 valence electrons. The summed E-state index contributed by atoms with van der Waals surface area (Å²) in [6, 6.07) is 22.6. The predicted molar refractivity (Wildman–Crippen MR) is 165 cm³/mol. The number of benzene rings is 2. The molecule has 0 saturated heterocycles. The lowest BCUT2D eigenvalue weighted by Gasteiger charge is -2.30. The van der Waals surface area contributed by atoms with E-state index in [-0.39, 0.29) is 5.91 Å². The van der Waals surface area contributed by atoms with Crippen molar-refractivity contribution in [1.29, 1.82) is 0 Å². The van der Waals surface area contributed by atoms with Crippen LogP contribution in [0.5, 0.6) is 0 Å². The van der Waals surface area contributed by atoms with Gasteiger partial charge < -0.3 is 5.32 Å². The number of carbonyl (C=O) groups is 1. The average molecular weight is 567 g/mol. The summed E-state index contributed by atoms with van der Waals surface area (Å²) in [7, 11) is 0. The van der Waals surface area contributed by atoms with Gasteiger partial charge in [-0.25, -0.2) is 9.97 Å². The van der Waals surface area contributed by atoms with Gasteiger partial charge in [0.1, 0.15) is 10.0 Å². The molecule has 0 spiro atoms. The molecule has 0 radical (unpaired) electrons. The molecule has 1 N–H and O–H groups in total. The fourth-order valence-electron chi connectivity index (χ4n) is 5.24. The van der Waals surface area contributed by atoms with Crippen LogP contribution in [0.1, 0.15) is 34.6 Å². The molecule has 39 heavy (non-hydrogen) atoms.